The van der Waals surface area contributed by atoms with Crippen LogP contribution in [-0.2, 0) is 28.4 Å². The van der Waals surface area contributed by atoms with Crippen molar-refractivity contribution in [2.24, 2.45) is 5.92 Å². The molecule has 0 bridgehead atoms. The van der Waals surface area contributed by atoms with E-state index in [1.807, 2.05) is 13.8 Å². The van der Waals surface area contributed by atoms with Crippen molar-refractivity contribution in [1.29, 1.82) is 0 Å². The molecule has 0 fully saturated rings. The second-order valence-electron chi connectivity index (χ2n) is 6.10. The van der Waals surface area contributed by atoms with Crippen molar-refractivity contribution in [3.63, 3.8) is 0 Å². The molecular formula is C20H42O6. The van der Waals surface area contributed by atoms with Crippen molar-refractivity contribution in [3.8, 4) is 0 Å². The van der Waals surface area contributed by atoms with Crippen molar-refractivity contribution < 1.29 is 28.4 Å². The SMILES string of the molecule is CCCCOCCOCC(CCOCCOCC)CCOCCOCC. The van der Waals surface area contributed by atoms with Crippen LogP contribution in [0.4, 0.5) is 0 Å². The highest BCUT2D eigenvalue weighted by molar-refractivity contribution is 4.59. The van der Waals surface area contributed by atoms with Crippen LogP contribution >= 0.6 is 0 Å². The second-order valence-corrected chi connectivity index (χ2v) is 6.10. The molecule has 0 aromatic heterocycles. The number of hydrogen-bond acceptors (Lipinski definition) is 6. The molecule has 0 aliphatic heterocycles. The van der Waals surface area contributed by atoms with Gasteiger partial charge in [-0.3, -0.25) is 0 Å². The predicted molar refractivity (Wildman–Crippen MR) is 104 cm³/mol. The summed E-state index contributed by atoms with van der Waals surface area (Å²) in [7, 11) is 0. The van der Waals surface area contributed by atoms with Crippen molar-refractivity contribution in [1.82, 2.24) is 0 Å². The summed E-state index contributed by atoms with van der Waals surface area (Å²) in [6, 6.07) is 0. The topological polar surface area (TPSA) is 55.4 Å². The Labute approximate surface area is 160 Å². The molecule has 0 aromatic rings. The molecule has 0 aromatic carbocycles. The zero-order valence-electron chi connectivity index (χ0n) is 17.3. The highest BCUT2D eigenvalue weighted by atomic mass is 16.5. The van der Waals surface area contributed by atoms with E-state index in [4.69, 9.17) is 28.4 Å². The van der Waals surface area contributed by atoms with Gasteiger partial charge >= 0.3 is 0 Å². The smallest absolute Gasteiger partial charge is 0.0700 e. The van der Waals surface area contributed by atoms with Crippen LogP contribution in [0.25, 0.3) is 0 Å². The van der Waals surface area contributed by atoms with Gasteiger partial charge in [0.05, 0.1) is 39.6 Å². The van der Waals surface area contributed by atoms with Gasteiger partial charge in [-0.15, -0.1) is 0 Å². The molecule has 6 nitrogen and oxygen atoms in total. The number of hydrogen-bond donors (Lipinski definition) is 0. The summed E-state index contributed by atoms with van der Waals surface area (Å²) < 4.78 is 33.1. The van der Waals surface area contributed by atoms with Gasteiger partial charge in [0.1, 0.15) is 0 Å². The predicted octanol–water partition coefficient (Wildman–Crippen LogP) is 3.32. The summed E-state index contributed by atoms with van der Waals surface area (Å²) in [5, 5.41) is 0. The monoisotopic (exact) mass is 378 g/mol. The molecule has 0 atom stereocenters. The summed E-state index contributed by atoms with van der Waals surface area (Å²) in [6.07, 6.45) is 4.21. The zero-order valence-corrected chi connectivity index (χ0v) is 17.3. The molecule has 0 N–H and O–H groups in total. The van der Waals surface area contributed by atoms with Crippen molar-refractivity contribution in [3.05, 3.63) is 0 Å². The minimum atomic E-state index is 0.435. The standard InChI is InChI=1S/C20H42O6/c1-4-7-10-23-17-18-26-19-20(8-11-24-15-13-21-5-2)9-12-25-16-14-22-6-3/h20H,4-19H2,1-3H3. The van der Waals surface area contributed by atoms with E-state index in [-0.39, 0.29) is 0 Å². The summed E-state index contributed by atoms with van der Waals surface area (Å²) >= 11 is 0. The van der Waals surface area contributed by atoms with E-state index >= 15 is 0 Å². The minimum absolute atomic E-state index is 0.435. The molecule has 0 aliphatic rings. The van der Waals surface area contributed by atoms with Crippen LogP contribution in [-0.4, -0.2) is 79.3 Å². The minimum Gasteiger partial charge on any atom is -0.379 e. The molecule has 0 heterocycles. The maximum atomic E-state index is 5.78. The summed E-state index contributed by atoms with van der Waals surface area (Å²) in [5.74, 6) is 0.435. The van der Waals surface area contributed by atoms with E-state index in [0.29, 0.717) is 45.6 Å². The van der Waals surface area contributed by atoms with Crippen LogP contribution in [0, 0.1) is 5.92 Å². The third kappa shape index (κ3) is 20.1. The lowest BCUT2D eigenvalue weighted by molar-refractivity contribution is 0.00563. The van der Waals surface area contributed by atoms with Crippen LogP contribution in [0.5, 0.6) is 0 Å². The number of ether oxygens (including phenoxy) is 6. The van der Waals surface area contributed by atoms with Gasteiger partial charge in [-0.05, 0) is 39.0 Å². The fourth-order valence-corrected chi connectivity index (χ4v) is 2.26. The average molecular weight is 379 g/mol. The van der Waals surface area contributed by atoms with Crippen LogP contribution < -0.4 is 0 Å². The van der Waals surface area contributed by atoms with Gasteiger partial charge < -0.3 is 28.4 Å². The molecule has 0 unspecified atom stereocenters. The summed E-state index contributed by atoms with van der Waals surface area (Å²) in [6.45, 7) is 14.6. The highest BCUT2D eigenvalue weighted by Crippen LogP contribution is 2.10. The fraction of sp³-hybridized carbons (Fsp3) is 1.00. The molecule has 0 saturated carbocycles. The Balaban J connectivity index is 3.77. The lowest BCUT2D eigenvalue weighted by Gasteiger charge is -2.17. The van der Waals surface area contributed by atoms with Crippen LogP contribution in [0.2, 0.25) is 0 Å². The Hall–Kier alpha value is -0.240. The van der Waals surface area contributed by atoms with Crippen LogP contribution in [0.15, 0.2) is 0 Å². The van der Waals surface area contributed by atoms with E-state index in [1.165, 1.54) is 0 Å². The molecule has 26 heavy (non-hydrogen) atoms. The molecular weight excluding hydrogens is 336 g/mol. The quantitative estimate of drug-likeness (QED) is 0.269. The van der Waals surface area contributed by atoms with Crippen molar-refractivity contribution >= 4 is 0 Å². The second kappa shape index (κ2) is 22.8. The Morgan fingerprint density at radius 2 is 0.962 bits per heavy atom. The first-order valence-corrected chi connectivity index (χ1v) is 10.3. The third-order valence-electron chi connectivity index (χ3n) is 3.86. The first-order valence-electron chi connectivity index (χ1n) is 10.3. The lowest BCUT2D eigenvalue weighted by Crippen LogP contribution is -2.18. The van der Waals surface area contributed by atoms with Gasteiger partial charge in [0, 0.05) is 39.6 Å². The van der Waals surface area contributed by atoms with Crippen molar-refractivity contribution in [2.75, 3.05) is 79.3 Å². The number of rotatable bonds is 22. The molecule has 158 valence electrons. The largest absolute Gasteiger partial charge is 0.379 e. The van der Waals surface area contributed by atoms with Gasteiger partial charge in [0.2, 0.25) is 0 Å². The van der Waals surface area contributed by atoms with E-state index < -0.39 is 0 Å². The van der Waals surface area contributed by atoms with E-state index in [9.17, 15) is 0 Å². The molecule has 0 aliphatic carbocycles. The van der Waals surface area contributed by atoms with Gasteiger partial charge in [0.15, 0.2) is 0 Å². The molecule has 0 amide bonds. The maximum absolute atomic E-state index is 5.78. The van der Waals surface area contributed by atoms with E-state index in [1.54, 1.807) is 0 Å². The van der Waals surface area contributed by atoms with Crippen LogP contribution in [0.3, 0.4) is 0 Å². The Morgan fingerprint density at radius 3 is 1.46 bits per heavy atom. The fourth-order valence-electron chi connectivity index (χ4n) is 2.26. The maximum Gasteiger partial charge on any atom is 0.0700 e. The Bertz CT molecular complexity index is 236. The van der Waals surface area contributed by atoms with Gasteiger partial charge in [0.25, 0.3) is 0 Å². The van der Waals surface area contributed by atoms with E-state index in [0.717, 1.165) is 65.3 Å². The third-order valence-corrected chi connectivity index (χ3v) is 3.86. The van der Waals surface area contributed by atoms with Crippen molar-refractivity contribution in [2.45, 2.75) is 46.5 Å². The van der Waals surface area contributed by atoms with Gasteiger partial charge in [-0.25, -0.2) is 0 Å². The first-order chi connectivity index (χ1) is 12.8. The molecule has 0 spiro atoms. The van der Waals surface area contributed by atoms with Gasteiger partial charge in [-0.1, -0.05) is 13.3 Å². The summed E-state index contributed by atoms with van der Waals surface area (Å²) in [5.41, 5.74) is 0. The highest BCUT2D eigenvalue weighted by Gasteiger charge is 2.10. The van der Waals surface area contributed by atoms with Crippen LogP contribution in [0.1, 0.15) is 46.5 Å². The number of unbranched alkanes of at least 4 members (excludes halogenated alkanes) is 1. The molecule has 0 saturated heterocycles. The zero-order chi connectivity index (χ0) is 19.1. The molecule has 6 heteroatoms. The Kier molecular flexibility index (Phi) is 22.6. The van der Waals surface area contributed by atoms with E-state index in [2.05, 4.69) is 6.92 Å². The molecule has 0 radical (unpaired) electrons. The summed E-state index contributed by atoms with van der Waals surface area (Å²) in [4.78, 5) is 0. The molecule has 0 rings (SSSR count). The van der Waals surface area contributed by atoms with Gasteiger partial charge in [-0.2, -0.15) is 0 Å². The lowest BCUT2D eigenvalue weighted by atomic mass is 10.0. The Morgan fingerprint density at radius 1 is 0.500 bits per heavy atom. The normalized spacial score (nSPS) is 11.5. The first kappa shape index (κ1) is 25.8. The average Bonchev–Trinajstić information content (AvgIpc) is 2.65.